The summed E-state index contributed by atoms with van der Waals surface area (Å²) in [5, 5.41) is 5.50. The number of benzene rings is 1. The number of urea groups is 1. The molecule has 0 spiro atoms. The van der Waals surface area contributed by atoms with Gasteiger partial charge in [-0.2, -0.15) is 0 Å². The molecule has 2 N–H and O–H groups in total. The summed E-state index contributed by atoms with van der Waals surface area (Å²) in [6.45, 7) is 3.73. The van der Waals surface area contributed by atoms with Crippen LogP contribution in [0.5, 0.6) is 5.75 Å². The molecule has 0 bridgehead atoms. The van der Waals surface area contributed by atoms with Crippen molar-refractivity contribution >= 4 is 11.8 Å². The van der Waals surface area contributed by atoms with Gasteiger partial charge in [-0.3, -0.25) is 4.79 Å². The maximum absolute atomic E-state index is 12.3. The molecule has 0 radical (unpaired) electrons. The molecule has 1 unspecified atom stereocenters. The SMILES string of the molecule is CCCC(=O)C1=C(C)NC(=O)NC1c1ccc(OC)cc1. The molecule has 2 amide bonds. The summed E-state index contributed by atoms with van der Waals surface area (Å²) in [6.07, 6.45) is 1.25. The highest BCUT2D eigenvalue weighted by molar-refractivity contribution is 6.00. The lowest BCUT2D eigenvalue weighted by Gasteiger charge is -2.28. The van der Waals surface area contributed by atoms with Crippen LogP contribution in [0.15, 0.2) is 35.5 Å². The quantitative estimate of drug-likeness (QED) is 0.875. The van der Waals surface area contributed by atoms with Crippen LogP contribution in [-0.2, 0) is 4.79 Å². The molecule has 1 aliphatic rings. The predicted octanol–water partition coefficient (Wildman–Crippen LogP) is 2.69. The second kappa shape index (κ2) is 6.43. The molecule has 5 nitrogen and oxygen atoms in total. The monoisotopic (exact) mass is 288 g/mol. The van der Waals surface area contributed by atoms with Crippen molar-refractivity contribution in [2.24, 2.45) is 0 Å². The molecular formula is C16H20N2O3. The van der Waals surface area contributed by atoms with Crippen molar-refractivity contribution in [1.82, 2.24) is 10.6 Å². The first-order valence-electron chi connectivity index (χ1n) is 7.02. The van der Waals surface area contributed by atoms with E-state index in [0.717, 1.165) is 17.7 Å². The summed E-state index contributed by atoms with van der Waals surface area (Å²) < 4.78 is 5.13. The molecule has 2 rings (SSSR count). The lowest BCUT2D eigenvalue weighted by Crippen LogP contribution is -2.45. The number of allylic oxidation sites excluding steroid dienone is 1. The zero-order valence-electron chi connectivity index (χ0n) is 12.5. The van der Waals surface area contributed by atoms with E-state index < -0.39 is 6.04 Å². The molecule has 0 saturated heterocycles. The van der Waals surface area contributed by atoms with Crippen molar-refractivity contribution < 1.29 is 14.3 Å². The summed E-state index contributed by atoms with van der Waals surface area (Å²) in [7, 11) is 1.60. The van der Waals surface area contributed by atoms with Gasteiger partial charge in [0.2, 0.25) is 0 Å². The Morgan fingerprint density at radius 1 is 1.29 bits per heavy atom. The summed E-state index contributed by atoms with van der Waals surface area (Å²) in [4.78, 5) is 24.1. The highest BCUT2D eigenvalue weighted by Crippen LogP contribution is 2.29. The van der Waals surface area contributed by atoms with Crippen LogP contribution in [0.25, 0.3) is 0 Å². The van der Waals surface area contributed by atoms with Crippen molar-refractivity contribution in [2.45, 2.75) is 32.7 Å². The number of methoxy groups -OCH3 is 1. The molecule has 5 heteroatoms. The number of amides is 2. The van der Waals surface area contributed by atoms with Crippen molar-refractivity contribution in [1.29, 1.82) is 0 Å². The Hall–Kier alpha value is -2.30. The molecule has 0 aromatic heterocycles. The first-order valence-corrected chi connectivity index (χ1v) is 7.02. The third kappa shape index (κ3) is 3.24. The van der Waals surface area contributed by atoms with Crippen LogP contribution in [0.4, 0.5) is 4.79 Å². The van der Waals surface area contributed by atoms with Crippen LogP contribution in [0.3, 0.4) is 0 Å². The third-order valence-corrected chi connectivity index (χ3v) is 3.50. The van der Waals surface area contributed by atoms with Crippen molar-refractivity contribution in [3.63, 3.8) is 0 Å². The van der Waals surface area contributed by atoms with Gasteiger partial charge >= 0.3 is 6.03 Å². The number of rotatable bonds is 5. The van der Waals surface area contributed by atoms with Gasteiger partial charge in [0.15, 0.2) is 5.78 Å². The minimum Gasteiger partial charge on any atom is -0.497 e. The fraction of sp³-hybridized carbons (Fsp3) is 0.375. The molecule has 0 fully saturated rings. The minimum atomic E-state index is -0.413. The normalized spacial score (nSPS) is 18.0. The van der Waals surface area contributed by atoms with E-state index >= 15 is 0 Å². The van der Waals surface area contributed by atoms with Gasteiger partial charge in [0, 0.05) is 17.7 Å². The molecule has 0 aliphatic carbocycles. The average Bonchev–Trinajstić information content (AvgIpc) is 2.46. The molecule has 1 aromatic carbocycles. The van der Waals surface area contributed by atoms with Crippen molar-refractivity contribution in [3.8, 4) is 5.75 Å². The number of carbonyl (C=O) groups excluding carboxylic acids is 2. The van der Waals surface area contributed by atoms with Gasteiger partial charge in [-0.25, -0.2) is 4.79 Å². The molecule has 1 aliphatic heterocycles. The third-order valence-electron chi connectivity index (χ3n) is 3.50. The van der Waals surface area contributed by atoms with Crippen molar-refractivity contribution in [2.75, 3.05) is 7.11 Å². The topological polar surface area (TPSA) is 67.4 Å². The predicted molar refractivity (Wildman–Crippen MR) is 80.0 cm³/mol. The van der Waals surface area contributed by atoms with Gasteiger partial charge in [-0.05, 0) is 31.0 Å². The Bertz CT molecular complexity index is 576. The number of Topliss-reactive ketones (excluding diaryl/α,β-unsaturated/α-hetero) is 1. The van der Waals surface area contributed by atoms with E-state index in [2.05, 4.69) is 10.6 Å². The highest BCUT2D eigenvalue weighted by Gasteiger charge is 2.30. The van der Waals surface area contributed by atoms with Gasteiger partial charge in [-0.15, -0.1) is 0 Å². The zero-order chi connectivity index (χ0) is 15.4. The zero-order valence-corrected chi connectivity index (χ0v) is 12.5. The van der Waals surface area contributed by atoms with Crippen LogP contribution in [-0.4, -0.2) is 18.9 Å². The van der Waals surface area contributed by atoms with Gasteiger partial charge in [0.25, 0.3) is 0 Å². The fourth-order valence-corrected chi connectivity index (χ4v) is 2.47. The molecular weight excluding hydrogens is 268 g/mol. The first kappa shape index (κ1) is 15.1. The Kier molecular flexibility index (Phi) is 4.62. The van der Waals surface area contributed by atoms with E-state index in [1.165, 1.54) is 0 Å². The fourth-order valence-electron chi connectivity index (χ4n) is 2.47. The number of ether oxygens (including phenoxy) is 1. The number of carbonyl (C=O) groups is 2. The minimum absolute atomic E-state index is 0.0586. The van der Waals surface area contributed by atoms with Gasteiger partial charge < -0.3 is 15.4 Å². The van der Waals surface area contributed by atoms with E-state index in [1.54, 1.807) is 14.0 Å². The molecule has 1 heterocycles. The average molecular weight is 288 g/mol. The van der Waals surface area contributed by atoms with Crippen LogP contribution in [0.1, 0.15) is 38.3 Å². The van der Waals surface area contributed by atoms with Crippen LogP contribution < -0.4 is 15.4 Å². The Labute approximate surface area is 124 Å². The lowest BCUT2D eigenvalue weighted by atomic mass is 9.91. The van der Waals surface area contributed by atoms with Crippen molar-refractivity contribution in [3.05, 3.63) is 41.1 Å². The maximum Gasteiger partial charge on any atom is 0.319 e. The van der Waals surface area contributed by atoms with E-state index in [4.69, 9.17) is 4.74 Å². The standard InChI is InChI=1S/C16H20N2O3/c1-4-5-13(19)14-10(2)17-16(20)18-15(14)11-6-8-12(21-3)9-7-11/h6-9,15H,4-5H2,1-3H3,(H2,17,18,20). The second-order valence-corrected chi connectivity index (χ2v) is 5.02. The largest absolute Gasteiger partial charge is 0.497 e. The summed E-state index contributed by atoms with van der Waals surface area (Å²) in [5.41, 5.74) is 2.11. The van der Waals surface area contributed by atoms with E-state index in [1.807, 2.05) is 31.2 Å². The summed E-state index contributed by atoms with van der Waals surface area (Å²) in [5.74, 6) is 0.796. The van der Waals surface area contributed by atoms with E-state index in [9.17, 15) is 9.59 Å². The number of nitrogens with one attached hydrogen (secondary N) is 2. The van der Waals surface area contributed by atoms with Gasteiger partial charge in [-0.1, -0.05) is 19.1 Å². The lowest BCUT2D eigenvalue weighted by molar-refractivity contribution is -0.116. The number of ketones is 1. The highest BCUT2D eigenvalue weighted by atomic mass is 16.5. The molecule has 1 aromatic rings. The number of hydrogen-bond acceptors (Lipinski definition) is 3. The van der Waals surface area contributed by atoms with Gasteiger partial charge in [0.05, 0.1) is 13.2 Å². The van der Waals surface area contributed by atoms with E-state index in [-0.39, 0.29) is 11.8 Å². The van der Waals surface area contributed by atoms with Crippen LogP contribution in [0.2, 0.25) is 0 Å². The molecule has 21 heavy (non-hydrogen) atoms. The molecule has 0 saturated carbocycles. The second-order valence-electron chi connectivity index (χ2n) is 5.02. The maximum atomic E-state index is 12.3. The van der Waals surface area contributed by atoms with Crippen LogP contribution >= 0.6 is 0 Å². The van der Waals surface area contributed by atoms with Gasteiger partial charge in [0.1, 0.15) is 5.75 Å². The first-order chi connectivity index (χ1) is 10.1. The van der Waals surface area contributed by atoms with E-state index in [0.29, 0.717) is 17.7 Å². The van der Waals surface area contributed by atoms with Crippen LogP contribution in [0, 0.1) is 0 Å². The Morgan fingerprint density at radius 2 is 1.95 bits per heavy atom. The summed E-state index contributed by atoms with van der Waals surface area (Å²) in [6, 6.07) is 6.66. The Morgan fingerprint density at radius 3 is 2.52 bits per heavy atom. The molecule has 1 atom stereocenters. The smallest absolute Gasteiger partial charge is 0.319 e. The molecule has 112 valence electrons. The number of hydrogen-bond donors (Lipinski definition) is 2. The Balaban J connectivity index is 2.39. The summed E-state index contributed by atoms with van der Waals surface area (Å²) >= 11 is 0.